The second kappa shape index (κ2) is 6.97. The van der Waals surface area contributed by atoms with E-state index in [0.29, 0.717) is 18.4 Å². The van der Waals surface area contributed by atoms with E-state index < -0.39 is 0 Å². The molecule has 25 heavy (non-hydrogen) atoms. The normalized spacial score (nSPS) is 26.5. The summed E-state index contributed by atoms with van der Waals surface area (Å²) in [4.78, 5) is 18.9. The molecule has 8 heteroatoms. The number of hydrogen-bond donors (Lipinski definition) is 1. The van der Waals surface area contributed by atoms with Crippen LogP contribution in [-0.4, -0.2) is 57.9 Å². The first-order valence-electron chi connectivity index (χ1n) is 8.70. The van der Waals surface area contributed by atoms with Crippen LogP contribution in [0, 0.1) is 11.8 Å². The third kappa shape index (κ3) is 3.45. The molecule has 2 aromatic heterocycles. The fraction of sp³-hybridized carbons (Fsp3) is 0.588. The molecule has 0 saturated carbocycles. The lowest BCUT2D eigenvalue weighted by atomic mass is 9.84. The minimum Gasteiger partial charge on any atom is -0.376 e. The van der Waals surface area contributed by atoms with E-state index in [1.54, 1.807) is 6.07 Å². The summed E-state index contributed by atoms with van der Waals surface area (Å²) in [5, 5.41) is 6.46. The molecule has 4 heterocycles. The summed E-state index contributed by atoms with van der Waals surface area (Å²) in [6.07, 6.45) is 6.45. The quantitative estimate of drug-likeness (QED) is 0.857. The highest BCUT2D eigenvalue weighted by Gasteiger charge is 2.41. The number of aryl methyl sites for hydroxylation is 1. The van der Waals surface area contributed by atoms with Crippen LogP contribution in [0.1, 0.15) is 22.8 Å². The fourth-order valence-corrected chi connectivity index (χ4v) is 3.82. The number of fused-ring (bicyclic) bond motifs is 1. The Labute approximate surface area is 146 Å². The lowest BCUT2D eigenvalue weighted by Crippen LogP contribution is -2.45. The highest BCUT2D eigenvalue weighted by atomic mass is 16.5. The Hall–Kier alpha value is -2.19. The van der Waals surface area contributed by atoms with Gasteiger partial charge in [-0.05, 0) is 18.9 Å². The number of nitrogens with zero attached hydrogens (tertiary/aromatic N) is 4. The molecular formula is C17H23N5O3. The number of carbonyl (C=O) groups excluding carboxylic acids is 1. The molecule has 3 atom stereocenters. The summed E-state index contributed by atoms with van der Waals surface area (Å²) in [5.41, 5.74) is 0. The molecule has 0 radical (unpaired) electrons. The molecule has 4 rings (SSSR count). The maximum Gasteiger partial charge on any atom is 0.289 e. The molecule has 2 fully saturated rings. The predicted molar refractivity (Wildman–Crippen MR) is 88.7 cm³/mol. The third-order valence-corrected chi connectivity index (χ3v) is 5.30. The van der Waals surface area contributed by atoms with E-state index in [0.717, 1.165) is 38.5 Å². The van der Waals surface area contributed by atoms with Crippen LogP contribution in [0.4, 0.5) is 0 Å². The highest BCUT2D eigenvalue weighted by molar-refractivity contribution is 5.91. The van der Waals surface area contributed by atoms with Crippen molar-refractivity contribution in [3.63, 3.8) is 0 Å². The first-order chi connectivity index (χ1) is 12.2. The van der Waals surface area contributed by atoms with E-state index in [4.69, 9.17) is 9.26 Å². The van der Waals surface area contributed by atoms with Crippen molar-refractivity contribution >= 4 is 5.91 Å². The van der Waals surface area contributed by atoms with Crippen molar-refractivity contribution in [2.45, 2.75) is 19.1 Å². The van der Waals surface area contributed by atoms with Gasteiger partial charge in [0.25, 0.3) is 5.91 Å². The van der Waals surface area contributed by atoms with Crippen molar-refractivity contribution in [3.05, 3.63) is 36.2 Å². The van der Waals surface area contributed by atoms with Crippen LogP contribution >= 0.6 is 0 Å². The topological polar surface area (TPSA) is 85.4 Å². The summed E-state index contributed by atoms with van der Waals surface area (Å²) in [7, 11) is 2.02. The van der Waals surface area contributed by atoms with Gasteiger partial charge in [0.1, 0.15) is 5.82 Å². The second-order valence-corrected chi connectivity index (χ2v) is 6.86. The first kappa shape index (κ1) is 16.3. The molecule has 1 N–H and O–H groups in total. The van der Waals surface area contributed by atoms with Crippen molar-refractivity contribution in [2.24, 2.45) is 18.9 Å². The van der Waals surface area contributed by atoms with Crippen LogP contribution in [0.5, 0.6) is 0 Å². The van der Waals surface area contributed by atoms with Gasteiger partial charge in [0.05, 0.1) is 25.5 Å². The molecule has 2 aromatic rings. The van der Waals surface area contributed by atoms with Gasteiger partial charge in [-0.25, -0.2) is 4.98 Å². The second-order valence-electron chi connectivity index (χ2n) is 6.86. The van der Waals surface area contributed by atoms with Gasteiger partial charge in [0, 0.05) is 44.5 Å². The average molecular weight is 345 g/mol. The number of amides is 1. The number of nitrogens with one attached hydrogen (secondary N) is 1. The lowest BCUT2D eigenvalue weighted by molar-refractivity contribution is 0.0659. The SMILES string of the molecule is Cn1ccnc1CN1CC[C@H]2CO[C@H](CNC(=O)c3ccno3)[C@H]2C1. The fourth-order valence-electron chi connectivity index (χ4n) is 3.82. The van der Waals surface area contributed by atoms with Gasteiger partial charge >= 0.3 is 0 Å². The lowest BCUT2D eigenvalue weighted by Gasteiger charge is -2.35. The van der Waals surface area contributed by atoms with Gasteiger partial charge in [-0.2, -0.15) is 0 Å². The number of imidazole rings is 1. The van der Waals surface area contributed by atoms with E-state index in [1.165, 1.54) is 6.20 Å². The van der Waals surface area contributed by atoms with Crippen molar-refractivity contribution in [1.29, 1.82) is 0 Å². The first-order valence-corrected chi connectivity index (χ1v) is 8.70. The Morgan fingerprint density at radius 2 is 2.36 bits per heavy atom. The maximum atomic E-state index is 12.0. The van der Waals surface area contributed by atoms with Crippen molar-refractivity contribution < 1.29 is 14.1 Å². The number of hydrogen-bond acceptors (Lipinski definition) is 6. The zero-order valence-electron chi connectivity index (χ0n) is 14.3. The summed E-state index contributed by atoms with van der Waals surface area (Å²) < 4.78 is 12.9. The average Bonchev–Trinajstić information content (AvgIpc) is 3.35. The predicted octanol–water partition coefficient (Wildman–Crippen LogP) is 0.675. The Morgan fingerprint density at radius 1 is 1.44 bits per heavy atom. The summed E-state index contributed by atoms with van der Waals surface area (Å²) in [5.74, 6) is 2.07. The van der Waals surface area contributed by atoms with Gasteiger partial charge in [-0.3, -0.25) is 9.69 Å². The van der Waals surface area contributed by atoms with Gasteiger partial charge in [-0.15, -0.1) is 0 Å². The largest absolute Gasteiger partial charge is 0.376 e. The van der Waals surface area contributed by atoms with E-state index in [-0.39, 0.29) is 17.8 Å². The monoisotopic (exact) mass is 345 g/mol. The van der Waals surface area contributed by atoms with Crippen molar-refractivity contribution in [1.82, 2.24) is 24.9 Å². The highest BCUT2D eigenvalue weighted by Crippen LogP contribution is 2.34. The standard InChI is InChI=1S/C17H23N5O3/c1-21-7-5-18-16(21)10-22-6-3-12-11-24-15(13(12)9-22)8-19-17(23)14-2-4-20-25-14/h2,4-5,7,12-13,15H,3,6,8-11H2,1H3,(H,19,23)/t12-,13-,15+/m0/s1. The van der Waals surface area contributed by atoms with Crippen LogP contribution in [0.25, 0.3) is 0 Å². The minimum atomic E-state index is -0.245. The number of likely N-dealkylation sites (tertiary alicyclic amines) is 1. The Kier molecular flexibility index (Phi) is 4.54. The molecule has 8 nitrogen and oxygen atoms in total. The molecule has 0 bridgehead atoms. The zero-order chi connectivity index (χ0) is 17.2. The molecule has 2 saturated heterocycles. The molecule has 0 unspecified atom stereocenters. The van der Waals surface area contributed by atoms with Gasteiger partial charge in [-0.1, -0.05) is 5.16 Å². The van der Waals surface area contributed by atoms with Gasteiger partial charge < -0.3 is 19.1 Å². The summed E-state index contributed by atoms with van der Waals surface area (Å²) in [6.45, 7) is 4.17. The zero-order valence-corrected chi connectivity index (χ0v) is 14.3. The van der Waals surface area contributed by atoms with Crippen molar-refractivity contribution in [2.75, 3.05) is 26.2 Å². The van der Waals surface area contributed by atoms with E-state index in [9.17, 15) is 4.79 Å². The Bertz CT molecular complexity index is 714. The number of piperidine rings is 1. The molecule has 1 amide bonds. The molecule has 0 aromatic carbocycles. The number of ether oxygens (including phenoxy) is 1. The van der Waals surface area contributed by atoms with E-state index in [2.05, 4.69) is 24.9 Å². The van der Waals surface area contributed by atoms with Crippen LogP contribution in [-0.2, 0) is 18.3 Å². The van der Waals surface area contributed by atoms with E-state index >= 15 is 0 Å². The summed E-state index contributed by atoms with van der Waals surface area (Å²) in [6, 6.07) is 1.56. The van der Waals surface area contributed by atoms with Crippen LogP contribution < -0.4 is 5.32 Å². The maximum absolute atomic E-state index is 12.0. The number of aromatic nitrogens is 3. The van der Waals surface area contributed by atoms with Gasteiger partial charge in [0.2, 0.25) is 5.76 Å². The number of carbonyl (C=O) groups is 1. The molecule has 2 aliphatic heterocycles. The third-order valence-electron chi connectivity index (χ3n) is 5.30. The Morgan fingerprint density at radius 3 is 3.12 bits per heavy atom. The van der Waals surface area contributed by atoms with Gasteiger partial charge in [0.15, 0.2) is 0 Å². The molecule has 0 spiro atoms. The summed E-state index contributed by atoms with van der Waals surface area (Å²) >= 11 is 0. The minimum absolute atomic E-state index is 0.0426. The smallest absolute Gasteiger partial charge is 0.289 e. The Balaban J connectivity index is 1.33. The van der Waals surface area contributed by atoms with Crippen molar-refractivity contribution in [3.8, 4) is 0 Å². The van der Waals surface area contributed by atoms with E-state index in [1.807, 2.05) is 19.4 Å². The molecule has 2 aliphatic rings. The van der Waals surface area contributed by atoms with Crippen LogP contribution in [0.2, 0.25) is 0 Å². The number of rotatable bonds is 5. The molecule has 134 valence electrons. The molecule has 0 aliphatic carbocycles. The van der Waals surface area contributed by atoms with Crippen LogP contribution in [0.15, 0.2) is 29.2 Å². The van der Waals surface area contributed by atoms with Crippen LogP contribution in [0.3, 0.4) is 0 Å². The molecular weight excluding hydrogens is 322 g/mol.